The van der Waals surface area contributed by atoms with E-state index >= 15 is 0 Å². The average molecular weight is 253 g/mol. The lowest BCUT2D eigenvalue weighted by Gasteiger charge is -2.04. The van der Waals surface area contributed by atoms with Crippen molar-refractivity contribution in [3.05, 3.63) is 5.89 Å². The van der Waals surface area contributed by atoms with E-state index in [0.29, 0.717) is 30.9 Å². The number of anilines is 1. The first kappa shape index (κ1) is 12.8. The molecule has 0 radical (unpaired) electrons. The Kier molecular flexibility index (Phi) is 4.14. The molecule has 1 aromatic heterocycles. The Labute approximate surface area is 106 Å². The predicted octanol–water partition coefficient (Wildman–Crippen LogP) is 0.431. The van der Waals surface area contributed by atoms with Gasteiger partial charge in [-0.15, -0.1) is 5.10 Å². The number of nitrogens with zero attached hydrogens (tertiary/aromatic N) is 2. The molecule has 1 aliphatic rings. The molecule has 2 rings (SSSR count). The SMILES string of the molecule is CNC(C)c1nnc(NCCC(=O)NC2CC2)o1. The van der Waals surface area contributed by atoms with Gasteiger partial charge in [-0.3, -0.25) is 4.79 Å². The molecule has 7 heteroatoms. The zero-order valence-corrected chi connectivity index (χ0v) is 10.7. The van der Waals surface area contributed by atoms with Gasteiger partial charge in [0, 0.05) is 19.0 Å². The Morgan fingerprint density at radius 2 is 2.28 bits per heavy atom. The molecule has 1 aliphatic carbocycles. The Hall–Kier alpha value is -1.63. The normalized spacial score (nSPS) is 16.3. The number of hydrogen-bond acceptors (Lipinski definition) is 6. The fourth-order valence-electron chi connectivity index (χ4n) is 1.41. The molecule has 1 aromatic rings. The monoisotopic (exact) mass is 253 g/mol. The van der Waals surface area contributed by atoms with Crippen LogP contribution in [0.15, 0.2) is 4.42 Å². The van der Waals surface area contributed by atoms with Crippen molar-refractivity contribution in [3.8, 4) is 0 Å². The van der Waals surface area contributed by atoms with Crippen LogP contribution in [-0.2, 0) is 4.79 Å². The second kappa shape index (κ2) is 5.81. The van der Waals surface area contributed by atoms with Gasteiger partial charge >= 0.3 is 6.01 Å². The first-order chi connectivity index (χ1) is 8.69. The van der Waals surface area contributed by atoms with Crippen LogP contribution >= 0.6 is 0 Å². The largest absolute Gasteiger partial charge is 0.406 e. The van der Waals surface area contributed by atoms with Crippen LogP contribution in [0.1, 0.15) is 38.1 Å². The summed E-state index contributed by atoms with van der Waals surface area (Å²) in [5, 5.41) is 16.6. The van der Waals surface area contributed by atoms with Gasteiger partial charge in [0.2, 0.25) is 11.8 Å². The van der Waals surface area contributed by atoms with Crippen LogP contribution in [0.4, 0.5) is 6.01 Å². The van der Waals surface area contributed by atoms with E-state index in [0.717, 1.165) is 12.8 Å². The summed E-state index contributed by atoms with van der Waals surface area (Å²) in [5.74, 6) is 0.593. The van der Waals surface area contributed by atoms with Crippen molar-refractivity contribution >= 4 is 11.9 Å². The van der Waals surface area contributed by atoms with Crippen LogP contribution in [0.25, 0.3) is 0 Å². The summed E-state index contributed by atoms with van der Waals surface area (Å²) in [5.41, 5.74) is 0. The number of nitrogens with one attached hydrogen (secondary N) is 3. The fourth-order valence-corrected chi connectivity index (χ4v) is 1.41. The summed E-state index contributed by atoms with van der Waals surface area (Å²) in [6.45, 7) is 2.43. The number of rotatable bonds is 7. The predicted molar refractivity (Wildman–Crippen MR) is 66.0 cm³/mol. The Morgan fingerprint density at radius 3 is 2.94 bits per heavy atom. The molecule has 0 spiro atoms. The highest BCUT2D eigenvalue weighted by Crippen LogP contribution is 2.18. The molecule has 0 saturated heterocycles. The van der Waals surface area contributed by atoms with Crippen LogP contribution < -0.4 is 16.0 Å². The number of amides is 1. The third-order valence-corrected chi connectivity index (χ3v) is 2.81. The maximum atomic E-state index is 11.4. The minimum absolute atomic E-state index is 0.0196. The van der Waals surface area contributed by atoms with Crippen molar-refractivity contribution in [1.29, 1.82) is 0 Å². The van der Waals surface area contributed by atoms with Gasteiger partial charge in [0.25, 0.3) is 0 Å². The Balaban J connectivity index is 1.69. The van der Waals surface area contributed by atoms with Gasteiger partial charge in [-0.1, -0.05) is 5.10 Å². The highest BCUT2D eigenvalue weighted by Gasteiger charge is 2.22. The van der Waals surface area contributed by atoms with Gasteiger partial charge in [-0.05, 0) is 26.8 Å². The summed E-state index contributed by atoms with van der Waals surface area (Å²) < 4.78 is 5.38. The molecule has 1 saturated carbocycles. The number of carbonyl (C=O) groups excluding carboxylic acids is 1. The average Bonchev–Trinajstić information content (AvgIpc) is 3.04. The van der Waals surface area contributed by atoms with Gasteiger partial charge in [0.15, 0.2) is 0 Å². The van der Waals surface area contributed by atoms with Crippen molar-refractivity contribution in [3.63, 3.8) is 0 Å². The van der Waals surface area contributed by atoms with Crippen LogP contribution in [0.3, 0.4) is 0 Å². The molecule has 7 nitrogen and oxygen atoms in total. The molecule has 18 heavy (non-hydrogen) atoms. The van der Waals surface area contributed by atoms with Crippen molar-refractivity contribution < 1.29 is 9.21 Å². The lowest BCUT2D eigenvalue weighted by atomic mass is 10.3. The van der Waals surface area contributed by atoms with Crippen molar-refractivity contribution in [2.24, 2.45) is 0 Å². The molecule has 1 heterocycles. The number of hydrogen-bond donors (Lipinski definition) is 3. The highest BCUT2D eigenvalue weighted by atomic mass is 16.4. The summed E-state index contributed by atoms with van der Waals surface area (Å²) >= 11 is 0. The van der Waals surface area contributed by atoms with E-state index in [9.17, 15) is 4.79 Å². The third-order valence-electron chi connectivity index (χ3n) is 2.81. The lowest BCUT2D eigenvalue weighted by molar-refractivity contribution is -0.120. The summed E-state index contributed by atoms with van der Waals surface area (Å²) in [7, 11) is 1.82. The van der Waals surface area contributed by atoms with Crippen LogP contribution in [0.2, 0.25) is 0 Å². The Morgan fingerprint density at radius 1 is 1.50 bits per heavy atom. The molecule has 0 aliphatic heterocycles. The van der Waals surface area contributed by atoms with Crippen LogP contribution in [0.5, 0.6) is 0 Å². The van der Waals surface area contributed by atoms with E-state index < -0.39 is 0 Å². The molecule has 0 aromatic carbocycles. The van der Waals surface area contributed by atoms with Crippen molar-refractivity contribution in [2.75, 3.05) is 18.9 Å². The maximum Gasteiger partial charge on any atom is 0.315 e. The summed E-state index contributed by atoms with van der Waals surface area (Å²) in [6, 6.07) is 0.779. The number of carbonyl (C=O) groups is 1. The summed E-state index contributed by atoms with van der Waals surface area (Å²) in [4.78, 5) is 11.4. The highest BCUT2D eigenvalue weighted by molar-refractivity contribution is 5.77. The second-order valence-electron chi connectivity index (χ2n) is 4.47. The molecular weight excluding hydrogens is 234 g/mol. The third kappa shape index (κ3) is 3.69. The van der Waals surface area contributed by atoms with Crippen LogP contribution in [-0.4, -0.2) is 35.7 Å². The van der Waals surface area contributed by atoms with Gasteiger partial charge in [0.1, 0.15) is 0 Å². The topological polar surface area (TPSA) is 92.1 Å². The smallest absolute Gasteiger partial charge is 0.315 e. The molecule has 1 unspecified atom stereocenters. The van der Waals surface area contributed by atoms with Gasteiger partial charge in [-0.2, -0.15) is 0 Å². The zero-order chi connectivity index (χ0) is 13.0. The molecule has 3 N–H and O–H groups in total. The number of aromatic nitrogens is 2. The first-order valence-corrected chi connectivity index (χ1v) is 6.23. The summed E-state index contributed by atoms with van der Waals surface area (Å²) in [6.07, 6.45) is 2.62. The van der Waals surface area contributed by atoms with E-state index in [2.05, 4.69) is 26.1 Å². The van der Waals surface area contributed by atoms with Crippen molar-refractivity contribution in [1.82, 2.24) is 20.8 Å². The van der Waals surface area contributed by atoms with E-state index in [1.165, 1.54) is 0 Å². The van der Waals surface area contributed by atoms with Gasteiger partial charge in [0.05, 0.1) is 6.04 Å². The molecule has 100 valence electrons. The van der Waals surface area contributed by atoms with E-state index in [-0.39, 0.29) is 11.9 Å². The molecule has 1 atom stereocenters. The quantitative estimate of drug-likeness (QED) is 0.652. The van der Waals surface area contributed by atoms with Crippen molar-refractivity contribution in [2.45, 2.75) is 38.3 Å². The molecule has 1 amide bonds. The van der Waals surface area contributed by atoms with E-state index in [1.54, 1.807) is 0 Å². The fraction of sp³-hybridized carbons (Fsp3) is 0.727. The first-order valence-electron chi connectivity index (χ1n) is 6.23. The lowest BCUT2D eigenvalue weighted by Crippen LogP contribution is -2.27. The minimum atomic E-state index is 0.0196. The van der Waals surface area contributed by atoms with Gasteiger partial charge in [-0.25, -0.2) is 0 Å². The standard InChI is InChI=1S/C11H19N5O2/c1-7(12-2)10-15-16-11(18-10)13-6-5-9(17)14-8-3-4-8/h7-8,12H,3-6H2,1-2H3,(H,13,16)(H,14,17). The van der Waals surface area contributed by atoms with Gasteiger partial charge < -0.3 is 20.4 Å². The minimum Gasteiger partial charge on any atom is -0.406 e. The van der Waals surface area contributed by atoms with E-state index in [1.807, 2.05) is 14.0 Å². The second-order valence-corrected chi connectivity index (χ2v) is 4.47. The molecule has 0 bridgehead atoms. The molecule has 1 fully saturated rings. The maximum absolute atomic E-state index is 11.4. The zero-order valence-electron chi connectivity index (χ0n) is 10.7. The van der Waals surface area contributed by atoms with Crippen LogP contribution in [0, 0.1) is 0 Å². The molecular formula is C11H19N5O2. The van der Waals surface area contributed by atoms with E-state index in [4.69, 9.17) is 4.42 Å². The Bertz CT molecular complexity index is 402.